The van der Waals surface area contributed by atoms with Gasteiger partial charge in [-0.3, -0.25) is 10.6 Å². The quantitative estimate of drug-likeness (QED) is 0.341. The van der Waals surface area contributed by atoms with E-state index in [1.807, 2.05) is 0 Å². The summed E-state index contributed by atoms with van der Waals surface area (Å²) in [6.07, 6.45) is 3.18. The third kappa shape index (κ3) is 4.76. The van der Waals surface area contributed by atoms with Gasteiger partial charge < -0.3 is 28.0 Å². The van der Waals surface area contributed by atoms with E-state index in [2.05, 4.69) is 20.9 Å². The Kier molecular flexibility index (Phi) is 7.26. The van der Waals surface area contributed by atoms with E-state index in [0.717, 1.165) is 0 Å². The minimum Gasteiger partial charge on any atom is -0.431 e. The Bertz CT molecular complexity index is 1300. The van der Waals surface area contributed by atoms with Crippen molar-refractivity contribution in [2.75, 3.05) is 14.2 Å². The molecule has 14 heteroatoms. The Labute approximate surface area is 239 Å². The summed E-state index contributed by atoms with van der Waals surface area (Å²) in [5.74, 6) is -1.41. The van der Waals surface area contributed by atoms with Crippen LogP contribution < -0.4 is 10.6 Å². The van der Waals surface area contributed by atoms with E-state index in [0.29, 0.717) is 82.6 Å². The number of rotatable bonds is 8. The van der Waals surface area contributed by atoms with Crippen molar-refractivity contribution in [3.05, 3.63) is 45.1 Å². The fourth-order valence-electron chi connectivity index (χ4n) is 6.12. The first kappa shape index (κ1) is 27.4. The van der Waals surface area contributed by atoms with Crippen LogP contribution in [0.1, 0.15) is 61.4 Å². The fourth-order valence-corrected chi connectivity index (χ4v) is 6.99. The van der Waals surface area contributed by atoms with E-state index in [1.165, 1.54) is 14.2 Å². The second-order valence-electron chi connectivity index (χ2n) is 10.4. The summed E-state index contributed by atoms with van der Waals surface area (Å²) in [5, 5.41) is 15.8. The van der Waals surface area contributed by atoms with Gasteiger partial charge in [0.05, 0.1) is 11.1 Å². The molecule has 0 aliphatic carbocycles. The van der Waals surface area contributed by atoms with Crippen LogP contribution in [0.5, 0.6) is 0 Å². The number of esters is 2. The largest absolute Gasteiger partial charge is 0.431 e. The van der Waals surface area contributed by atoms with Crippen LogP contribution in [0.2, 0.25) is 0 Å². The second-order valence-corrected chi connectivity index (χ2v) is 11.3. The zero-order valence-corrected chi connectivity index (χ0v) is 23.4. The van der Waals surface area contributed by atoms with Crippen molar-refractivity contribution in [1.82, 2.24) is 20.9 Å². The maximum Gasteiger partial charge on any atom is 0.419 e. The molecule has 4 atom stereocenters. The molecule has 0 amide bonds. The first-order chi connectivity index (χ1) is 19.3. The van der Waals surface area contributed by atoms with Crippen LogP contribution in [0.25, 0.3) is 11.1 Å². The zero-order valence-electron chi connectivity index (χ0n) is 21.9. The van der Waals surface area contributed by atoms with Gasteiger partial charge in [-0.25, -0.2) is 9.59 Å². The van der Waals surface area contributed by atoms with Crippen molar-refractivity contribution in [3.8, 4) is 0 Å². The number of ether oxygens (including phenoxy) is 4. The lowest BCUT2D eigenvalue weighted by Gasteiger charge is -2.37. The summed E-state index contributed by atoms with van der Waals surface area (Å²) in [7, 11) is 3.07. The molecular formula is C26H28Cl2N4O8. The van der Waals surface area contributed by atoms with Crippen molar-refractivity contribution < 1.29 is 37.6 Å². The van der Waals surface area contributed by atoms with Crippen LogP contribution in [0.3, 0.4) is 0 Å². The molecule has 4 bridgehead atoms. The summed E-state index contributed by atoms with van der Waals surface area (Å²) < 4.78 is 32.7. The molecule has 2 aromatic rings. The number of hydrogen-bond acceptors (Lipinski definition) is 12. The number of carbonyl (C=O) groups excluding carboxylic acids is 2. The highest BCUT2D eigenvalue weighted by atomic mass is 35.5. The van der Waals surface area contributed by atoms with Gasteiger partial charge >= 0.3 is 11.9 Å². The van der Waals surface area contributed by atoms with Gasteiger partial charge in [0.15, 0.2) is 23.0 Å². The van der Waals surface area contributed by atoms with Crippen LogP contribution in [-0.2, 0) is 41.8 Å². The molecular weight excluding hydrogens is 567 g/mol. The van der Waals surface area contributed by atoms with Gasteiger partial charge in [-0.05, 0) is 25.7 Å². The molecule has 40 heavy (non-hydrogen) atoms. The first-order valence-electron chi connectivity index (χ1n) is 13.0. The Morgan fingerprint density at radius 3 is 1.68 bits per heavy atom. The normalized spacial score (nSPS) is 29.3. The Balaban J connectivity index is 1.26. The molecule has 4 aliphatic heterocycles. The van der Waals surface area contributed by atoms with Gasteiger partial charge in [0.2, 0.25) is 0 Å². The van der Waals surface area contributed by atoms with Crippen LogP contribution >= 0.6 is 23.2 Å². The lowest BCUT2D eigenvalue weighted by atomic mass is 9.95. The predicted octanol–water partition coefficient (Wildman–Crippen LogP) is 3.35. The Hall–Kier alpha value is -2.74. The minimum atomic E-state index is -1.37. The molecule has 214 valence electrons. The standard InChI is InChI=1S/C26H28Cl2N4O8/c1-35-11-15-9-19(31-39-15)21-17(27)7-13-3-5-25(21,29-13)37-23(33)24(34)38-26-6-4-14(30-26)8-18(28)22(26)20-10-16(12-36-2)40-32-20/h9-10,13-14,29-30H,3-8,11-12H2,1-2H3. The van der Waals surface area contributed by atoms with E-state index < -0.39 is 23.4 Å². The summed E-state index contributed by atoms with van der Waals surface area (Å²) in [4.78, 5) is 26.7. The van der Waals surface area contributed by atoms with Crippen molar-refractivity contribution in [2.24, 2.45) is 0 Å². The molecule has 2 aromatic heterocycles. The lowest BCUT2D eigenvalue weighted by Crippen LogP contribution is -2.54. The topological polar surface area (TPSA) is 147 Å². The van der Waals surface area contributed by atoms with Crippen molar-refractivity contribution in [1.29, 1.82) is 0 Å². The summed E-state index contributed by atoms with van der Waals surface area (Å²) >= 11 is 13.4. The number of nitrogens with one attached hydrogen (secondary N) is 2. The predicted molar refractivity (Wildman–Crippen MR) is 139 cm³/mol. The summed E-state index contributed by atoms with van der Waals surface area (Å²) in [6, 6.07) is 3.30. The van der Waals surface area contributed by atoms with Gasteiger partial charge in [0.25, 0.3) is 0 Å². The SMILES string of the molecule is COCc1cc(C2=C(Cl)CC3CCC2(OC(=O)C(=O)OC24CCC(CC(Cl)=C2c2cc(COC)on2)N4)N3)no1. The molecule has 4 unspecified atom stereocenters. The van der Waals surface area contributed by atoms with Gasteiger partial charge in [-0.15, -0.1) is 0 Å². The molecule has 0 spiro atoms. The average molecular weight is 595 g/mol. The van der Waals surface area contributed by atoms with Gasteiger partial charge in [0.1, 0.15) is 24.6 Å². The van der Waals surface area contributed by atoms with Crippen molar-refractivity contribution in [2.45, 2.75) is 75.3 Å². The number of nitrogens with zero attached hydrogens (tertiary/aromatic N) is 2. The number of halogens is 2. The van der Waals surface area contributed by atoms with Crippen LogP contribution in [0, 0.1) is 0 Å². The second kappa shape index (κ2) is 10.6. The average Bonchev–Trinajstić information content (AvgIpc) is 3.68. The maximum atomic E-state index is 13.4. The monoisotopic (exact) mass is 594 g/mol. The Morgan fingerprint density at radius 2 is 1.27 bits per heavy atom. The summed E-state index contributed by atoms with van der Waals surface area (Å²) in [6.45, 7) is 0.417. The zero-order chi connectivity index (χ0) is 28.1. The number of carbonyl (C=O) groups is 2. The molecule has 0 radical (unpaired) electrons. The molecule has 4 aliphatic rings. The van der Waals surface area contributed by atoms with Crippen molar-refractivity contribution in [3.63, 3.8) is 0 Å². The highest BCUT2D eigenvalue weighted by molar-refractivity contribution is 6.34. The molecule has 6 heterocycles. The number of hydrogen-bond donors (Lipinski definition) is 2. The highest BCUT2D eigenvalue weighted by Crippen LogP contribution is 2.48. The van der Waals surface area contributed by atoms with Crippen LogP contribution in [0.15, 0.2) is 31.2 Å². The van der Waals surface area contributed by atoms with E-state index >= 15 is 0 Å². The van der Waals surface area contributed by atoms with E-state index in [4.69, 9.17) is 51.2 Å². The first-order valence-corrected chi connectivity index (χ1v) is 13.7. The molecule has 0 aromatic carbocycles. The van der Waals surface area contributed by atoms with E-state index in [1.54, 1.807) is 12.1 Å². The van der Waals surface area contributed by atoms with E-state index in [9.17, 15) is 9.59 Å². The highest BCUT2D eigenvalue weighted by Gasteiger charge is 2.55. The number of methoxy groups -OCH3 is 2. The fraction of sp³-hybridized carbons (Fsp3) is 0.538. The van der Waals surface area contributed by atoms with Gasteiger partial charge in [0, 0.05) is 61.3 Å². The minimum absolute atomic E-state index is 0.0265. The van der Waals surface area contributed by atoms with Crippen molar-refractivity contribution >= 4 is 46.3 Å². The van der Waals surface area contributed by atoms with E-state index in [-0.39, 0.29) is 25.3 Å². The molecule has 6 rings (SSSR count). The Morgan fingerprint density at radius 1 is 0.850 bits per heavy atom. The molecule has 0 saturated carbocycles. The third-order valence-electron chi connectivity index (χ3n) is 7.67. The van der Waals surface area contributed by atoms with Gasteiger partial charge in [-0.2, -0.15) is 0 Å². The number of aromatic nitrogens is 2. The lowest BCUT2D eigenvalue weighted by molar-refractivity contribution is -0.182. The smallest absolute Gasteiger partial charge is 0.419 e. The van der Waals surface area contributed by atoms with Crippen LogP contribution in [0.4, 0.5) is 0 Å². The molecule has 2 N–H and O–H groups in total. The maximum absolute atomic E-state index is 13.4. The molecule has 2 saturated heterocycles. The summed E-state index contributed by atoms with van der Waals surface area (Å²) in [5.41, 5.74) is -1.06. The molecule has 2 fully saturated rings. The molecule has 12 nitrogen and oxygen atoms in total. The van der Waals surface area contributed by atoms with Gasteiger partial charge in [-0.1, -0.05) is 33.5 Å². The third-order valence-corrected chi connectivity index (χ3v) is 8.36. The number of fused-ring (bicyclic) bond motifs is 4. The van der Waals surface area contributed by atoms with Crippen LogP contribution in [-0.4, -0.2) is 60.0 Å².